The van der Waals surface area contributed by atoms with Crippen LogP contribution < -0.4 is 5.32 Å². The van der Waals surface area contributed by atoms with Gasteiger partial charge in [0.15, 0.2) is 0 Å². The van der Waals surface area contributed by atoms with Crippen molar-refractivity contribution in [3.63, 3.8) is 0 Å². The molecule has 0 rings (SSSR count). The Balaban J connectivity index is 3.61. The van der Waals surface area contributed by atoms with Crippen molar-refractivity contribution >= 4 is 11.8 Å². The molecule has 0 fully saturated rings. The second kappa shape index (κ2) is 11.3. The van der Waals surface area contributed by atoms with Gasteiger partial charge in [-0.3, -0.25) is 0 Å². The number of likely N-dealkylation sites (N-methyl/N-ethyl adjacent to an activating group) is 1. The first-order valence-corrected chi connectivity index (χ1v) is 7.82. The lowest BCUT2D eigenvalue weighted by molar-refractivity contribution is 0.148. The Morgan fingerprint density at radius 2 is 1.94 bits per heavy atom. The van der Waals surface area contributed by atoms with Crippen molar-refractivity contribution in [1.82, 2.24) is 5.32 Å². The van der Waals surface area contributed by atoms with Crippen LogP contribution in [-0.4, -0.2) is 49.0 Å². The minimum Gasteiger partial charge on any atom is -0.394 e. The van der Waals surface area contributed by atoms with Gasteiger partial charge in [0.2, 0.25) is 0 Å². The van der Waals surface area contributed by atoms with Crippen molar-refractivity contribution in [1.29, 1.82) is 0 Å². The van der Waals surface area contributed by atoms with Crippen LogP contribution in [0.3, 0.4) is 0 Å². The summed E-state index contributed by atoms with van der Waals surface area (Å²) >= 11 is 1.98. The molecule has 0 aromatic carbocycles. The van der Waals surface area contributed by atoms with Crippen molar-refractivity contribution < 1.29 is 9.84 Å². The first-order chi connectivity index (χ1) is 8.24. The Hall–Kier alpha value is 0.230. The van der Waals surface area contributed by atoms with Gasteiger partial charge in [-0.15, -0.1) is 0 Å². The summed E-state index contributed by atoms with van der Waals surface area (Å²) in [6.45, 7) is 6.27. The third-order valence-electron chi connectivity index (χ3n) is 3.11. The number of aliphatic hydroxyl groups excluding tert-OH is 1. The molecule has 1 unspecified atom stereocenters. The van der Waals surface area contributed by atoms with Gasteiger partial charge in [-0.25, -0.2) is 0 Å². The first kappa shape index (κ1) is 17.2. The summed E-state index contributed by atoms with van der Waals surface area (Å²) in [6.07, 6.45) is 4.35. The number of nitrogens with one attached hydrogen (secondary N) is 1. The second-order valence-electron chi connectivity index (χ2n) is 4.38. The van der Waals surface area contributed by atoms with Gasteiger partial charge in [0, 0.05) is 19.3 Å². The molecule has 0 saturated carbocycles. The quantitative estimate of drug-likeness (QED) is 0.530. The topological polar surface area (TPSA) is 41.5 Å². The maximum Gasteiger partial charge on any atom is 0.0613 e. The van der Waals surface area contributed by atoms with Crippen molar-refractivity contribution in [2.24, 2.45) is 0 Å². The molecule has 4 heteroatoms. The highest BCUT2D eigenvalue weighted by atomic mass is 32.2. The highest BCUT2D eigenvalue weighted by Gasteiger charge is 2.24. The second-order valence-corrected chi connectivity index (χ2v) is 5.61. The van der Waals surface area contributed by atoms with E-state index in [4.69, 9.17) is 4.74 Å². The molecular weight excluding hydrogens is 234 g/mol. The zero-order valence-electron chi connectivity index (χ0n) is 11.6. The highest BCUT2D eigenvalue weighted by Crippen LogP contribution is 2.18. The zero-order valence-corrected chi connectivity index (χ0v) is 12.4. The Morgan fingerprint density at radius 1 is 1.24 bits per heavy atom. The third kappa shape index (κ3) is 8.03. The molecule has 0 amide bonds. The highest BCUT2D eigenvalue weighted by molar-refractivity contribution is 7.99. The molecule has 1 atom stereocenters. The van der Waals surface area contributed by atoms with Crippen LogP contribution in [-0.2, 0) is 4.74 Å². The van der Waals surface area contributed by atoms with Gasteiger partial charge < -0.3 is 15.2 Å². The molecule has 0 spiro atoms. The number of methoxy groups -OCH3 is 1. The lowest BCUT2D eigenvalue weighted by Gasteiger charge is -2.31. The van der Waals surface area contributed by atoms with Crippen LogP contribution in [0, 0.1) is 0 Å². The standard InChI is InChI=1S/C13H29NO2S/c1-4-13(12-15,14-5-2)8-6-10-17-11-7-9-16-3/h14-15H,4-12H2,1-3H3. The van der Waals surface area contributed by atoms with Crippen molar-refractivity contribution in [3.8, 4) is 0 Å². The zero-order chi connectivity index (χ0) is 13.0. The predicted octanol–water partition coefficient (Wildman–Crippen LogP) is 2.29. The molecule has 0 bridgehead atoms. The number of hydrogen-bond donors (Lipinski definition) is 2. The van der Waals surface area contributed by atoms with Gasteiger partial charge in [0.1, 0.15) is 0 Å². The molecule has 0 saturated heterocycles. The lowest BCUT2D eigenvalue weighted by Crippen LogP contribution is -2.48. The summed E-state index contributed by atoms with van der Waals surface area (Å²) in [5, 5.41) is 12.9. The molecule has 0 aliphatic heterocycles. The van der Waals surface area contributed by atoms with E-state index in [-0.39, 0.29) is 12.1 Å². The average Bonchev–Trinajstić information content (AvgIpc) is 2.36. The van der Waals surface area contributed by atoms with Crippen LogP contribution >= 0.6 is 11.8 Å². The van der Waals surface area contributed by atoms with E-state index < -0.39 is 0 Å². The number of thioether (sulfide) groups is 1. The summed E-state index contributed by atoms with van der Waals surface area (Å²) in [5.74, 6) is 2.35. The molecule has 3 nitrogen and oxygen atoms in total. The maximum atomic E-state index is 9.49. The monoisotopic (exact) mass is 263 g/mol. The molecule has 0 aromatic rings. The Morgan fingerprint density at radius 3 is 2.47 bits per heavy atom. The minimum atomic E-state index is -0.0537. The van der Waals surface area contributed by atoms with Crippen molar-refractivity contribution in [3.05, 3.63) is 0 Å². The van der Waals surface area contributed by atoms with Crippen LogP contribution in [0.5, 0.6) is 0 Å². The molecule has 104 valence electrons. The van der Waals surface area contributed by atoms with E-state index in [1.54, 1.807) is 7.11 Å². The Bertz CT molecular complexity index is 163. The SMILES string of the molecule is CCNC(CC)(CO)CCCSCCCOC. The summed E-state index contributed by atoms with van der Waals surface area (Å²) in [5.41, 5.74) is -0.0537. The van der Waals surface area contributed by atoms with Crippen molar-refractivity contribution in [2.45, 2.75) is 45.1 Å². The van der Waals surface area contributed by atoms with Crippen molar-refractivity contribution in [2.75, 3.05) is 38.4 Å². The number of aliphatic hydroxyl groups is 1. The molecule has 0 heterocycles. The first-order valence-electron chi connectivity index (χ1n) is 6.67. The van der Waals surface area contributed by atoms with E-state index >= 15 is 0 Å². The molecule has 0 aliphatic rings. The van der Waals surface area contributed by atoms with E-state index in [0.717, 1.165) is 32.4 Å². The number of rotatable bonds is 12. The number of ether oxygens (including phenoxy) is 1. The van der Waals surface area contributed by atoms with Crippen LogP contribution in [0.1, 0.15) is 39.5 Å². The fourth-order valence-corrected chi connectivity index (χ4v) is 2.81. The molecule has 0 radical (unpaired) electrons. The summed E-state index contributed by atoms with van der Waals surface area (Å²) in [4.78, 5) is 0. The van der Waals surface area contributed by atoms with E-state index in [9.17, 15) is 5.11 Å². The van der Waals surface area contributed by atoms with Gasteiger partial charge in [-0.05, 0) is 43.7 Å². The van der Waals surface area contributed by atoms with Gasteiger partial charge in [0.05, 0.1) is 6.61 Å². The molecule has 17 heavy (non-hydrogen) atoms. The lowest BCUT2D eigenvalue weighted by atomic mass is 9.91. The molecule has 0 aromatic heterocycles. The normalized spacial score (nSPS) is 14.8. The van der Waals surface area contributed by atoms with E-state index in [1.807, 2.05) is 11.8 Å². The van der Waals surface area contributed by atoms with Gasteiger partial charge in [0.25, 0.3) is 0 Å². The smallest absolute Gasteiger partial charge is 0.0613 e. The largest absolute Gasteiger partial charge is 0.394 e. The van der Waals surface area contributed by atoms with E-state index in [2.05, 4.69) is 19.2 Å². The summed E-state index contributed by atoms with van der Waals surface area (Å²) in [7, 11) is 1.75. The summed E-state index contributed by atoms with van der Waals surface area (Å²) in [6, 6.07) is 0. The fourth-order valence-electron chi connectivity index (χ4n) is 1.93. The molecule has 0 aliphatic carbocycles. The molecular formula is C13H29NO2S. The van der Waals surface area contributed by atoms with Crippen LogP contribution in [0.15, 0.2) is 0 Å². The Labute approximate surface area is 111 Å². The summed E-state index contributed by atoms with van der Waals surface area (Å²) < 4.78 is 5.01. The van der Waals surface area contributed by atoms with E-state index in [0.29, 0.717) is 0 Å². The average molecular weight is 263 g/mol. The van der Waals surface area contributed by atoms with Gasteiger partial charge >= 0.3 is 0 Å². The van der Waals surface area contributed by atoms with Crippen LogP contribution in [0.4, 0.5) is 0 Å². The van der Waals surface area contributed by atoms with Gasteiger partial charge in [-0.1, -0.05) is 13.8 Å². The van der Waals surface area contributed by atoms with Crippen LogP contribution in [0.2, 0.25) is 0 Å². The van der Waals surface area contributed by atoms with E-state index in [1.165, 1.54) is 17.9 Å². The Kier molecular flexibility index (Phi) is 11.5. The third-order valence-corrected chi connectivity index (χ3v) is 4.27. The molecule has 2 N–H and O–H groups in total. The number of hydrogen-bond acceptors (Lipinski definition) is 4. The van der Waals surface area contributed by atoms with Crippen LogP contribution in [0.25, 0.3) is 0 Å². The maximum absolute atomic E-state index is 9.49. The predicted molar refractivity (Wildman–Crippen MR) is 76.8 cm³/mol. The fraction of sp³-hybridized carbons (Fsp3) is 1.00. The minimum absolute atomic E-state index is 0.0537. The van der Waals surface area contributed by atoms with Gasteiger partial charge in [-0.2, -0.15) is 11.8 Å².